The van der Waals surface area contributed by atoms with Gasteiger partial charge in [-0.3, -0.25) is 4.79 Å². The summed E-state index contributed by atoms with van der Waals surface area (Å²) < 4.78 is 1.57. The zero-order valence-electron chi connectivity index (χ0n) is 8.16. The summed E-state index contributed by atoms with van der Waals surface area (Å²) in [4.78, 5) is 14.2. The zero-order valence-corrected chi connectivity index (χ0v) is 8.16. The molecular formula is C9H12N4O. The summed E-state index contributed by atoms with van der Waals surface area (Å²) in [5, 5.41) is 4.11. The summed E-state index contributed by atoms with van der Waals surface area (Å²) in [6.07, 6.45) is 2.54. The molecule has 0 bridgehead atoms. The number of hydrogen-bond acceptors (Lipinski definition) is 3. The molecule has 2 aromatic heterocycles. The van der Waals surface area contributed by atoms with Crippen molar-refractivity contribution in [2.24, 2.45) is 0 Å². The predicted octanol–water partition coefficient (Wildman–Crippen LogP) is 0.476. The molecule has 0 atom stereocenters. The van der Waals surface area contributed by atoms with Crippen LogP contribution in [0.4, 0.5) is 5.82 Å². The molecule has 0 unspecified atom stereocenters. The summed E-state index contributed by atoms with van der Waals surface area (Å²) in [6.45, 7) is 3.69. The van der Waals surface area contributed by atoms with E-state index in [9.17, 15) is 4.79 Å². The maximum Gasteiger partial charge on any atom is 0.256 e. The minimum Gasteiger partial charge on any atom is -0.383 e. The van der Waals surface area contributed by atoms with Crippen molar-refractivity contribution in [2.45, 2.75) is 20.3 Å². The Morgan fingerprint density at radius 3 is 3.00 bits per heavy atom. The smallest absolute Gasteiger partial charge is 0.256 e. The fraction of sp³-hybridized carbons (Fsp3) is 0.333. The molecule has 0 saturated heterocycles. The van der Waals surface area contributed by atoms with Crippen LogP contribution in [0.15, 0.2) is 11.0 Å². The van der Waals surface area contributed by atoms with Crippen LogP contribution < -0.4 is 11.3 Å². The lowest BCUT2D eigenvalue weighted by Crippen LogP contribution is -2.16. The Morgan fingerprint density at radius 2 is 2.36 bits per heavy atom. The van der Waals surface area contributed by atoms with Crippen LogP contribution in [0.2, 0.25) is 0 Å². The van der Waals surface area contributed by atoms with E-state index in [0.29, 0.717) is 17.0 Å². The molecule has 0 spiro atoms. The number of nitrogens with zero attached hydrogens (tertiary/aromatic N) is 2. The number of aryl methyl sites for hydroxylation is 1. The summed E-state index contributed by atoms with van der Waals surface area (Å²) in [5.74, 6) is 0.406. The number of aromatic nitrogens is 3. The second-order valence-electron chi connectivity index (χ2n) is 3.25. The third-order valence-corrected chi connectivity index (χ3v) is 2.41. The monoisotopic (exact) mass is 192 g/mol. The minimum absolute atomic E-state index is 0.148. The fourth-order valence-corrected chi connectivity index (χ4v) is 1.43. The molecule has 2 heterocycles. The van der Waals surface area contributed by atoms with Crippen LogP contribution in [0, 0.1) is 6.92 Å². The van der Waals surface area contributed by atoms with Crippen molar-refractivity contribution in [1.29, 1.82) is 0 Å². The summed E-state index contributed by atoms with van der Waals surface area (Å²) >= 11 is 0. The Kier molecular flexibility index (Phi) is 1.80. The molecule has 14 heavy (non-hydrogen) atoms. The molecule has 5 nitrogen and oxygen atoms in total. The van der Waals surface area contributed by atoms with Gasteiger partial charge in [-0.15, -0.1) is 0 Å². The average molecular weight is 192 g/mol. The molecule has 0 aromatic carbocycles. The molecule has 0 aliphatic heterocycles. The van der Waals surface area contributed by atoms with Crippen molar-refractivity contribution in [3.63, 3.8) is 0 Å². The van der Waals surface area contributed by atoms with Gasteiger partial charge in [-0.05, 0) is 13.3 Å². The largest absolute Gasteiger partial charge is 0.383 e. The first-order chi connectivity index (χ1) is 6.65. The summed E-state index contributed by atoms with van der Waals surface area (Å²) in [7, 11) is 0. The second kappa shape index (κ2) is 2.87. The molecule has 3 N–H and O–H groups in total. The van der Waals surface area contributed by atoms with Crippen molar-refractivity contribution in [1.82, 2.24) is 14.6 Å². The number of hydrogen-bond donors (Lipinski definition) is 2. The van der Waals surface area contributed by atoms with Crippen LogP contribution >= 0.6 is 0 Å². The normalized spacial score (nSPS) is 11.0. The van der Waals surface area contributed by atoms with Gasteiger partial charge in [0.05, 0.1) is 11.8 Å². The average Bonchev–Trinajstić information content (AvgIpc) is 2.57. The zero-order chi connectivity index (χ0) is 10.3. The molecule has 0 aliphatic rings. The minimum atomic E-state index is -0.148. The Balaban J connectivity index is 2.93. The topological polar surface area (TPSA) is 76.2 Å². The molecule has 0 radical (unpaired) electrons. The van der Waals surface area contributed by atoms with E-state index in [-0.39, 0.29) is 5.56 Å². The molecule has 0 amide bonds. The molecular weight excluding hydrogens is 180 g/mol. The van der Waals surface area contributed by atoms with Gasteiger partial charge in [0, 0.05) is 5.56 Å². The van der Waals surface area contributed by atoms with Crippen molar-refractivity contribution >= 4 is 11.5 Å². The molecule has 0 fully saturated rings. The van der Waals surface area contributed by atoms with Gasteiger partial charge in [-0.25, -0.2) is 4.52 Å². The number of aromatic amines is 1. The fourth-order valence-electron chi connectivity index (χ4n) is 1.43. The van der Waals surface area contributed by atoms with Gasteiger partial charge in [-0.2, -0.15) is 5.10 Å². The first kappa shape index (κ1) is 8.80. The van der Waals surface area contributed by atoms with E-state index in [2.05, 4.69) is 10.1 Å². The maximum absolute atomic E-state index is 11.4. The van der Waals surface area contributed by atoms with Crippen LogP contribution in [0.25, 0.3) is 5.65 Å². The predicted molar refractivity (Wildman–Crippen MR) is 54.3 cm³/mol. The quantitative estimate of drug-likeness (QED) is 0.689. The van der Waals surface area contributed by atoms with Gasteiger partial charge in [0.15, 0.2) is 0 Å². The van der Waals surface area contributed by atoms with E-state index in [1.807, 2.05) is 6.92 Å². The van der Waals surface area contributed by atoms with Crippen LogP contribution in [-0.2, 0) is 6.42 Å². The van der Waals surface area contributed by atoms with E-state index >= 15 is 0 Å². The molecule has 2 aromatic rings. The summed E-state index contributed by atoms with van der Waals surface area (Å²) in [5.41, 5.74) is 7.81. The third kappa shape index (κ3) is 1.02. The van der Waals surface area contributed by atoms with Gasteiger partial charge >= 0.3 is 0 Å². The van der Waals surface area contributed by atoms with Crippen molar-refractivity contribution in [3.05, 3.63) is 27.7 Å². The number of rotatable bonds is 1. The number of fused-ring (bicyclic) bond motifs is 1. The van der Waals surface area contributed by atoms with E-state index in [0.717, 1.165) is 12.0 Å². The van der Waals surface area contributed by atoms with Gasteiger partial charge in [0.25, 0.3) is 5.56 Å². The third-order valence-electron chi connectivity index (χ3n) is 2.41. The van der Waals surface area contributed by atoms with Gasteiger partial charge < -0.3 is 10.7 Å². The van der Waals surface area contributed by atoms with E-state index < -0.39 is 0 Å². The molecule has 5 heteroatoms. The van der Waals surface area contributed by atoms with E-state index in [1.54, 1.807) is 17.6 Å². The Hall–Kier alpha value is -1.78. The summed E-state index contributed by atoms with van der Waals surface area (Å²) in [6, 6.07) is 0. The van der Waals surface area contributed by atoms with Crippen molar-refractivity contribution < 1.29 is 0 Å². The highest BCUT2D eigenvalue weighted by atomic mass is 16.1. The highest BCUT2D eigenvalue weighted by Crippen LogP contribution is 2.12. The van der Waals surface area contributed by atoms with Gasteiger partial charge in [0.2, 0.25) is 0 Å². The number of nitrogen functional groups attached to an aromatic ring is 1. The van der Waals surface area contributed by atoms with Crippen LogP contribution in [-0.4, -0.2) is 14.6 Å². The number of nitrogens with two attached hydrogens (primary N) is 1. The lowest BCUT2D eigenvalue weighted by Gasteiger charge is -2.02. The molecule has 0 saturated carbocycles. The number of anilines is 1. The van der Waals surface area contributed by atoms with E-state index in [1.165, 1.54) is 0 Å². The van der Waals surface area contributed by atoms with Crippen LogP contribution in [0.3, 0.4) is 0 Å². The maximum atomic E-state index is 11.4. The first-order valence-corrected chi connectivity index (χ1v) is 4.50. The highest BCUT2D eigenvalue weighted by Gasteiger charge is 2.09. The Bertz CT molecular complexity index is 537. The molecule has 74 valence electrons. The lowest BCUT2D eigenvalue weighted by molar-refractivity contribution is 0.930. The molecule has 0 aliphatic carbocycles. The Labute approximate surface area is 80.6 Å². The van der Waals surface area contributed by atoms with E-state index in [4.69, 9.17) is 5.73 Å². The van der Waals surface area contributed by atoms with Gasteiger partial charge in [-0.1, -0.05) is 6.92 Å². The van der Waals surface area contributed by atoms with Crippen molar-refractivity contribution in [2.75, 3.05) is 5.73 Å². The van der Waals surface area contributed by atoms with Crippen molar-refractivity contribution in [3.8, 4) is 0 Å². The standard InChI is InChI=1S/C9H12N4O/c1-3-6-4-11-13-7(10)5(2)9(14)12-8(6)13/h4H,3,10H2,1-2H3,(H,12,14). The van der Waals surface area contributed by atoms with Crippen LogP contribution in [0.5, 0.6) is 0 Å². The van der Waals surface area contributed by atoms with Crippen LogP contribution in [0.1, 0.15) is 18.1 Å². The SMILES string of the molecule is CCc1cnn2c(N)c(C)c(=O)[nH]c12. The number of nitrogens with one attached hydrogen (secondary N) is 1. The second-order valence-corrected chi connectivity index (χ2v) is 3.25. The Morgan fingerprint density at radius 1 is 1.64 bits per heavy atom. The molecule has 2 rings (SSSR count). The first-order valence-electron chi connectivity index (χ1n) is 4.50. The lowest BCUT2D eigenvalue weighted by atomic mass is 10.2. The number of H-pyrrole nitrogens is 1. The van der Waals surface area contributed by atoms with Gasteiger partial charge in [0.1, 0.15) is 11.5 Å². The highest BCUT2D eigenvalue weighted by molar-refractivity contribution is 5.53.